The first kappa shape index (κ1) is 14.9. The molecule has 1 amide bonds. The molecule has 1 unspecified atom stereocenters. The molecule has 0 aromatic carbocycles. The van der Waals surface area contributed by atoms with Crippen LogP contribution in [0.4, 0.5) is 0 Å². The van der Waals surface area contributed by atoms with Crippen LogP contribution in [0.15, 0.2) is 17.0 Å². The van der Waals surface area contributed by atoms with Gasteiger partial charge in [0.05, 0.1) is 10.1 Å². The van der Waals surface area contributed by atoms with E-state index in [1.807, 2.05) is 0 Å². The van der Waals surface area contributed by atoms with E-state index >= 15 is 0 Å². The number of nitrogens with one attached hydrogen (secondary N) is 2. The molecule has 3 heterocycles. The van der Waals surface area contributed by atoms with Crippen molar-refractivity contribution in [1.29, 1.82) is 0 Å². The van der Waals surface area contributed by atoms with E-state index in [2.05, 4.69) is 36.5 Å². The van der Waals surface area contributed by atoms with Crippen LogP contribution in [0.25, 0.3) is 0 Å². The maximum atomic E-state index is 12.3. The van der Waals surface area contributed by atoms with E-state index in [9.17, 15) is 4.79 Å². The van der Waals surface area contributed by atoms with Gasteiger partial charge in [-0.3, -0.25) is 4.79 Å². The molecule has 0 radical (unpaired) electrons. The van der Waals surface area contributed by atoms with E-state index in [0.717, 1.165) is 38.8 Å². The Bertz CT molecular complexity index is 514. The Morgan fingerprint density at radius 2 is 2.29 bits per heavy atom. The number of aromatic nitrogens is 2. The molecule has 3 rings (SSSR count). The number of halogens is 1. The van der Waals surface area contributed by atoms with E-state index in [-0.39, 0.29) is 17.6 Å². The molecule has 1 aromatic heterocycles. The molecule has 2 N–H and O–H groups in total. The molecular formula is C14H19BrN4O2. The normalized spacial score (nSPS) is 24.7. The Hall–Kier alpha value is -1.05. The number of hydrogen-bond acceptors (Lipinski definition) is 5. The lowest BCUT2D eigenvalue weighted by Crippen LogP contribution is -2.53. The van der Waals surface area contributed by atoms with E-state index in [1.54, 1.807) is 6.20 Å². The number of rotatable bonds is 2. The van der Waals surface area contributed by atoms with Gasteiger partial charge in [0.1, 0.15) is 12.0 Å². The van der Waals surface area contributed by atoms with Gasteiger partial charge in [-0.05, 0) is 54.7 Å². The third-order valence-corrected chi connectivity index (χ3v) is 4.81. The van der Waals surface area contributed by atoms with E-state index < -0.39 is 0 Å². The van der Waals surface area contributed by atoms with Crippen LogP contribution in [0, 0.1) is 0 Å². The highest BCUT2D eigenvalue weighted by Crippen LogP contribution is 2.33. The summed E-state index contributed by atoms with van der Waals surface area (Å²) in [5, 5.41) is 6.44. The van der Waals surface area contributed by atoms with Gasteiger partial charge in [-0.25, -0.2) is 9.97 Å². The largest absolute Gasteiger partial charge is 0.375 e. The van der Waals surface area contributed by atoms with Crippen molar-refractivity contribution >= 4 is 21.8 Å². The first-order chi connectivity index (χ1) is 10.2. The summed E-state index contributed by atoms with van der Waals surface area (Å²) in [6, 6.07) is 0.145. The molecule has 114 valence electrons. The van der Waals surface area contributed by atoms with Crippen LogP contribution >= 0.6 is 15.9 Å². The molecule has 2 saturated heterocycles. The molecule has 0 aliphatic carbocycles. The van der Waals surface area contributed by atoms with Crippen LogP contribution in [0.1, 0.15) is 36.2 Å². The van der Waals surface area contributed by atoms with Crippen LogP contribution in [0.2, 0.25) is 0 Å². The quantitative estimate of drug-likeness (QED) is 0.836. The van der Waals surface area contributed by atoms with Gasteiger partial charge < -0.3 is 15.4 Å². The summed E-state index contributed by atoms with van der Waals surface area (Å²) in [5.41, 5.74) is 0.320. The Labute approximate surface area is 132 Å². The minimum atomic E-state index is -0.153. The van der Waals surface area contributed by atoms with Gasteiger partial charge in [0.15, 0.2) is 0 Å². The predicted octanol–water partition coefficient (Wildman–Crippen LogP) is 1.27. The fraction of sp³-hybridized carbons (Fsp3) is 0.643. The third-order valence-electron chi connectivity index (χ3n) is 4.23. The van der Waals surface area contributed by atoms with Crippen molar-refractivity contribution in [2.75, 3.05) is 19.7 Å². The minimum absolute atomic E-state index is 0.0651. The van der Waals surface area contributed by atoms with Gasteiger partial charge in [0, 0.05) is 18.8 Å². The van der Waals surface area contributed by atoms with E-state index in [0.29, 0.717) is 16.8 Å². The molecule has 1 atom stereocenters. The number of amides is 1. The molecule has 21 heavy (non-hydrogen) atoms. The van der Waals surface area contributed by atoms with Crippen molar-refractivity contribution in [1.82, 2.24) is 20.6 Å². The Morgan fingerprint density at radius 3 is 3.05 bits per heavy atom. The number of carbonyl (C=O) groups is 1. The highest BCUT2D eigenvalue weighted by molar-refractivity contribution is 9.10. The molecule has 7 heteroatoms. The summed E-state index contributed by atoms with van der Waals surface area (Å²) in [7, 11) is 0. The van der Waals surface area contributed by atoms with Crippen molar-refractivity contribution < 1.29 is 9.53 Å². The van der Waals surface area contributed by atoms with Crippen LogP contribution in [-0.4, -0.2) is 47.2 Å². The smallest absolute Gasteiger partial charge is 0.271 e. The lowest BCUT2D eigenvalue weighted by atomic mass is 9.83. The fourth-order valence-electron chi connectivity index (χ4n) is 3.12. The van der Waals surface area contributed by atoms with Crippen LogP contribution < -0.4 is 10.6 Å². The zero-order valence-electron chi connectivity index (χ0n) is 11.8. The molecule has 2 aliphatic heterocycles. The molecule has 2 fully saturated rings. The average molecular weight is 355 g/mol. The Morgan fingerprint density at radius 1 is 1.48 bits per heavy atom. The van der Waals surface area contributed by atoms with Crippen molar-refractivity contribution in [3.63, 3.8) is 0 Å². The Balaban J connectivity index is 1.65. The zero-order chi connectivity index (χ0) is 14.7. The highest BCUT2D eigenvalue weighted by Gasteiger charge is 2.39. The van der Waals surface area contributed by atoms with Crippen molar-refractivity contribution in [3.05, 3.63) is 22.7 Å². The van der Waals surface area contributed by atoms with E-state index in [1.165, 1.54) is 6.33 Å². The molecule has 2 aliphatic rings. The van der Waals surface area contributed by atoms with Crippen LogP contribution in [0.5, 0.6) is 0 Å². The van der Waals surface area contributed by atoms with Crippen molar-refractivity contribution in [2.45, 2.75) is 37.3 Å². The highest BCUT2D eigenvalue weighted by atomic mass is 79.9. The van der Waals surface area contributed by atoms with Gasteiger partial charge >= 0.3 is 0 Å². The predicted molar refractivity (Wildman–Crippen MR) is 81.0 cm³/mol. The van der Waals surface area contributed by atoms with Crippen LogP contribution in [0.3, 0.4) is 0 Å². The summed E-state index contributed by atoms with van der Waals surface area (Å²) in [6.45, 7) is 2.67. The number of hydrogen-bond donors (Lipinski definition) is 2. The maximum Gasteiger partial charge on any atom is 0.271 e. The molecule has 0 bridgehead atoms. The second kappa shape index (κ2) is 6.37. The maximum absolute atomic E-state index is 12.3. The molecular weight excluding hydrogens is 336 g/mol. The molecule has 1 spiro atoms. The Kier molecular flexibility index (Phi) is 4.51. The number of carbonyl (C=O) groups excluding carboxylic acids is 1. The summed E-state index contributed by atoms with van der Waals surface area (Å²) in [6.07, 6.45) is 6.72. The monoisotopic (exact) mass is 354 g/mol. The zero-order valence-corrected chi connectivity index (χ0v) is 13.4. The van der Waals surface area contributed by atoms with Gasteiger partial charge in [0.2, 0.25) is 0 Å². The second-order valence-electron chi connectivity index (χ2n) is 5.66. The summed E-state index contributed by atoms with van der Waals surface area (Å²) >= 11 is 3.31. The topological polar surface area (TPSA) is 76.1 Å². The first-order valence-electron chi connectivity index (χ1n) is 7.30. The molecule has 0 saturated carbocycles. The van der Waals surface area contributed by atoms with Gasteiger partial charge in [-0.2, -0.15) is 0 Å². The lowest BCUT2D eigenvalue weighted by molar-refractivity contribution is -0.104. The summed E-state index contributed by atoms with van der Waals surface area (Å²) in [5.74, 6) is -0.153. The van der Waals surface area contributed by atoms with Crippen LogP contribution in [-0.2, 0) is 4.74 Å². The van der Waals surface area contributed by atoms with Gasteiger partial charge in [-0.15, -0.1) is 0 Å². The SMILES string of the molecule is O=C(NC1CCOC2(CCNCC2)C1)c1ncncc1Br. The summed E-state index contributed by atoms with van der Waals surface area (Å²) < 4.78 is 6.64. The number of nitrogens with zero attached hydrogens (tertiary/aromatic N) is 2. The fourth-order valence-corrected chi connectivity index (χ4v) is 3.52. The van der Waals surface area contributed by atoms with Crippen molar-refractivity contribution in [3.8, 4) is 0 Å². The van der Waals surface area contributed by atoms with Gasteiger partial charge in [-0.1, -0.05) is 0 Å². The average Bonchev–Trinajstić information content (AvgIpc) is 2.48. The standard InChI is InChI=1S/C14H19BrN4O2/c15-11-8-17-9-18-12(11)13(20)19-10-1-6-21-14(7-10)2-4-16-5-3-14/h8-10,16H,1-7H2,(H,19,20). The number of ether oxygens (including phenoxy) is 1. The lowest BCUT2D eigenvalue weighted by Gasteiger charge is -2.43. The molecule has 1 aromatic rings. The third kappa shape index (κ3) is 3.41. The van der Waals surface area contributed by atoms with Crippen molar-refractivity contribution in [2.24, 2.45) is 0 Å². The van der Waals surface area contributed by atoms with Gasteiger partial charge in [0.25, 0.3) is 5.91 Å². The van der Waals surface area contributed by atoms with E-state index in [4.69, 9.17) is 4.74 Å². The molecule has 6 nitrogen and oxygen atoms in total. The minimum Gasteiger partial charge on any atom is -0.375 e. The number of piperidine rings is 1. The summed E-state index contributed by atoms with van der Waals surface area (Å²) in [4.78, 5) is 20.2. The first-order valence-corrected chi connectivity index (χ1v) is 8.09. The second-order valence-corrected chi connectivity index (χ2v) is 6.52.